The van der Waals surface area contributed by atoms with Crippen LogP contribution in [-0.2, 0) is 19.1 Å². The van der Waals surface area contributed by atoms with E-state index in [1.807, 2.05) is 19.1 Å². The lowest BCUT2D eigenvalue weighted by Crippen LogP contribution is -2.31. The van der Waals surface area contributed by atoms with Gasteiger partial charge in [-0.3, -0.25) is 19.3 Å². The van der Waals surface area contributed by atoms with Gasteiger partial charge in [0.25, 0.3) is 5.91 Å². The molecule has 170 valence electrons. The summed E-state index contributed by atoms with van der Waals surface area (Å²) in [6, 6.07) is 12.9. The molecule has 33 heavy (non-hydrogen) atoms. The Kier molecular flexibility index (Phi) is 6.26. The summed E-state index contributed by atoms with van der Waals surface area (Å²) in [5, 5.41) is 2.62. The summed E-state index contributed by atoms with van der Waals surface area (Å²) in [5.74, 6) is -1.84. The number of imide groups is 1. The van der Waals surface area contributed by atoms with Crippen LogP contribution >= 0.6 is 0 Å². The van der Waals surface area contributed by atoms with Crippen molar-refractivity contribution in [1.82, 2.24) is 0 Å². The van der Waals surface area contributed by atoms with E-state index in [4.69, 9.17) is 9.47 Å². The molecule has 3 atom stereocenters. The zero-order chi connectivity index (χ0) is 23.5. The average molecular weight is 448 g/mol. The van der Waals surface area contributed by atoms with Crippen molar-refractivity contribution in [3.63, 3.8) is 0 Å². The fraction of sp³-hybridized carbons (Fsp3) is 0.280. The number of methoxy groups -OCH3 is 1. The number of amides is 3. The van der Waals surface area contributed by atoms with Gasteiger partial charge in [-0.25, -0.2) is 4.79 Å². The summed E-state index contributed by atoms with van der Waals surface area (Å²) in [5.41, 5.74) is 1.09. The lowest BCUT2D eigenvalue weighted by molar-refractivity contribution is -0.123. The second-order valence-corrected chi connectivity index (χ2v) is 8.04. The zero-order valence-corrected chi connectivity index (χ0v) is 18.3. The van der Waals surface area contributed by atoms with Gasteiger partial charge in [0.1, 0.15) is 5.75 Å². The van der Waals surface area contributed by atoms with Crippen molar-refractivity contribution in [3.05, 3.63) is 66.2 Å². The predicted octanol–water partition coefficient (Wildman–Crippen LogP) is 3.19. The largest absolute Gasteiger partial charge is 0.495 e. The minimum atomic E-state index is -0.692. The Hall–Kier alpha value is -3.94. The van der Waals surface area contributed by atoms with Crippen LogP contribution in [0.1, 0.15) is 23.7 Å². The number of para-hydroxylation sites is 2. The van der Waals surface area contributed by atoms with Crippen LogP contribution in [0.4, 0.5) is 11.4 Å². The fourth-order valence-corrected chi connectivity index (χ4v) is 4.30. The molecule has 2 aromatic carbocycles. The van der Waals surface area contributed by atoms with E-state index in [9.17, 15) is 19.2 Å². The summed E-state index contributed by atoms with van der Waals surface area (Å²) in [4.78, 5) is 51.4. The Morgan fingerprint density at radius 1 is 1.06 bits per heavy atom. The Labute approximate surface area is 191 Å². The Balaban J connectivity index is 1.37. The average Bonchev–Trinajstić information content (AvgIpc) is 3.08. The van der Waals surface area contributed by atoms with E-state index in [0.717, 1.165) is 0 Å². The molecule has 2 aromatic rings. The first-order valence-electron chi connectivity index (χ1n) is 10.6. The monoisotopic (exact) mass is 448 g/mol. The maximum atomic E-state index is 12.9. The van der Waals surface area contributed by atoms with Gasteiger partial charge in [-0.2, -0.15) is 0 Å². The summed E-state index contributed by atoms with van der Waals surface area (Å²) in [6.07, 6.45) is 4.47. The SMILES string of the molecule is COc1ccccc1NC(=O)COC(=O)c1ccc(N2C(=O)[C@@H]3[C@@H](C)C=CC[C@H]3C2=O)cc1. The van der Waals surface area contributed by atoms with Crippen LogP contribution in [0.2, 0.25) is 0 Å². The summed E-state index contributed by atoms with van der Waals surface area (Å²) >= 11 is 0. The highest BCUT2D eigenvalue weighted by Crippen LogP contribution is 2.40. The highest BCUT2D eigenvalue weighted by molar-refractivity contribution is 6.22. The molecule has 1 N–H and O–H groups in total. The quantitative estimate of drug-likeness (QED) is 0.414. The van der Waals surface area contributed by atoms with Gasteiger partial charge in [-0.15, -0.1) is 0 Å². The normalized spacial score (nSPS) is 21.5. The third-order valence-electron chi connectivity index (χ3n) is 5.95. The molecule has 0 aromatic heterocycles. The first-order chi connectivity index (χ1) is 15.9. The highest BCUT2D eigenvalue weighted by Gasteiger charge is 2.50. The number of rotatable bonds is 6. The van der Waals surface area contributed by atoms with Crippen molar-refractivity contribution in [3.8, 4) is 5.75 Å². The van der Waals surface area contributed by atoms with Gasteiger partial charge in [0.2, 0.25) is 11.8 Å². The maximum absolute atomic E-state index is 12.9. The molecule has 8 heteroatoms. The van der Waals surface area contributed by atoms with Crippen LogP contribution < -0.4 is 15.0 Å². The maximum Gasteiger partial charge on any atom is 0.338 e. The molecule has 3 amide bonds. The van der Waals surface area contributed by atoms with Crippen LogP contribution in [0.3, 0.4) is 0 Å². The molecule has 1 saturated heterocycles. The molecular weight excluding hydrogens is 424 g/mol. The number of carbonyl (C=O) groups is 4. The third-order valence-corrected chi connectivity index (χ3v) is 5.95. The van der Waals surface area contributed by atoms with Gasteiger partial charge in [-0.05, 0) is 48.7 Å². The Bertz CT molecular complexity index is 1120. The number of hydrogen-bond donors (Lipinski definition) is 1. The number of fused-ring (bicyclic) bond motifs is 1. The van der Waals surface area contributed by atoms with Crippen molar-refractivity contribution < 1.29 is 28.7 Å². The number of anilines is 2. The molecule has 8 nitrogen and oxygen atoms in total. The van der Waals surface area contributed by atoms with E-state index >= 15 is 0 Å². The third kappa shape index (κ3) is 4.37. The van der Waals surface area contributed by atoms with E-state index < -0.39 is 18.5 Å². The molecule has 0 saturated carbocycles. The molecule has 4 rings (SSSR count). The van der Waals surface area contributed by atoms with Crippen molar-refractivity contribution in [2.45, 2.75) is 13.3 Å². The molecule has 1 heterocycles. The molecular formula is C25H24N2O6. The number of esters is 1. The lowest BCUT2D eigenvalue weighted by Gasteiger charge is -2.22. The number of allylic oxidation sites excluding steroid dienone is 2. The topological polar surface area (TPSA) is 102 Å². The van der Waals surface area contributed by atoms with E-state index in [2.05, 4.69) is 5.32 Å². The van der Waals surface area contributed by atoms with Crippen LogP contribution in [-0.4, -0.2) is 37.4 Å². The van der Waals surface area contributed by atoms with Gasteiger partial charge >= 0.3 is 5.97 Å². The van der Waals surface area contributed by atoms with Crippen molar-refractivity contribution in [2.75, 3.05) is 23.9 Å². The smallest absolute Gasteiger partial charge is 0.338 e. The predicted molar refractivity (Wildman–Crippen MR) is 121 cm³/mol. The minimum absolute atomic E-state index is 0.00134. The van der Waals surface area contributed by atoms with Gasteiger partial charge in [0.05, 0.1) is 35.9 Å². The van der Waals surface area contributed by atoms with Crippen LogP contribution in [0.25, 0.3) is 0 Å². The number of hydrogen-bond acceptors (Lipinski definition) is 6. The van der Waals surface area contributed by atoms with E-state index in [-0.39, 0.29) is 35.1 Å². The lowest BCUT2D eigenvalue weighted by atomic mass is 9.78. The summed E-state index contributed by atoms with van der Waals surface area (Å²) in [6.45, 7) is 1.46. The number of nitrogens with zero attached hydrogens (tertiary/aromatic N) is 1. The van der Waals surface area contributed by atoms with Crippen molar-refractivity contribution >= 4 is 35.1 Å². The minimum Gasteiger partial charge on any atom is -0.495 e. The number of carbonyl (C=O) groups excluding carboxylic acids is 4. The molecule has 0 spiro atoms. The Morgan fingerprint density at radius 2 is 1.79 bits per heavy atom. The van der Waals surface area contributed by atoms with E-state index in [0.29, 0.717) is 23.5 Å². The molecule has 0 radical (unpaired) electrons. The van der Waals surface area contributed by atoms with Crippen LogP contribution in [0.15, 0.2) is 60.7 Å². The number of benzene rings is 2. The first-order valence-corrected chi connectivity index (χ1v) is 10.6. The number of nitrogens with one attached hydrogen (secondary N) is 1. The van der Waals surface area contributed by atoms with Gasteiger partial charge in [0, 0.05) is 0 Å². The van der Waals surface area contributed by atoms with E-state index in [1.165, 1.54) is 36.3 Å². The number of ether oxygens (including phenoxy) is 2. The van der Waals surface area contributed by atoms with Gasteiger partial charge < -0.3 is 14.8 Å². The Morgan fingerprint density at radius 3 is 2.48 bits per heavy atom. The van der Waals surface area contributed by atoms with Gasteiger partial charge in [0.15, 0.2) is 6.61 Å². The molecule has 1 aliphatic heterocycles. The van der Waals surface area contributed by atoms with Crippen LogP contribution in [0.5, 0.6) is 5.75 Å². The molecule has 1 fully saturated rings. The molecule has 0 bridgehead atoms. The van der Waals surface area contributed by atoms with Crippen molar-refractivity contribution in [1.29, 1.82) is 0 Å². The molecule has 0 unspecified atom stereocenters. The van der Waals surface area contributed by atoms with Crippen LogP contribution in [0, 0.1) is 17.8 Å². The van der Waals surface area contributed by atoms with E-state index in [1.54, 1.807) is 24.3 Å². The van der Waals surface area contributed by atoms with Crippen molar-refractivity contribution in [2.24, 2.45) is 17.8 Å². The second kappa shape index (κ2) is 9.28. The highest BCUT2D eigenvalue weighted by atomic mass is 16.5. The zero-order valence-electron chi connectivity index (χ0n) is 18.3. The standard InChI is InChI=1S/C25H24N2O6/c1-15-6-5-7-18-22(15)24(30)27(23(18)29)17-12-10-16(11-13-17)25(31)33-14-21(28)26-19-8-3-4-9-20(19)32-2/h3-6,8-13,15,18,22H,7,14H2,1-2H3,(H,26,28)/t15-,18+,22+/m0/s1. The molecule has 1 aliphatic carbocycles. The molecule has 2 aliphatic rings. The summed E-state index contributed by atoms with van der Waals surface area (Å²) < 4.78 is 10.3. The fourth-order valence-electron chi connectivity index (χ4n) is 4.30. The van der Waals surface area contributed by atoms with Gasteiger partial charge in [-0.1, -0.05) is 31.2 Å². The summed E-state index contributed by atoms with van der Waals surface area (Å²) in [7, 11) is 1.49. The second-order valence-electron chi connectivity index (χ2n) is 8.04. The first kappa shape index (κ1) is 22.3.